The van der Waals surface area contributed by atoms with Crippen LogP contribution >= 0.6 is 0 Å². The van der Waals surface area contributed by atoms with Crippen molar-refractivity contribution in [1.82, 2.24) is 4.90 Å². The van der Waals surface area contributed by atoms with Gasteiger partial charge in [-0.25, -0.2) is 0 Å². The van der Waals surface area contributed by atoms with Gasteiger partial charge in [-0.1, -0.05) is 24.3 Å². The Hall–Kier alpha value is -1.92. The molecule has 0 unspecified atom stereocenters. The first-order valence-corrected chi connectivity index (χ1v) is 7.59. The number of likely N-dealkylation sites (tertiary alicyclic amines) is 1. The molecule has 1 aromatic carbocycles. The lowest BCUT2D eigenvalue weighted by Gasteiger charge is -2.37. The summed E-state index contributed by atoms with van der Waals surface area (Å²) < 4.78 is 0. The number of benzene rings is 1. The number of primary amides is 1. The van der Waals surface area contributed by atoms with Gasteiger partial charge < -0.3 is 22.1 Å². The van der Waals surface area contributed by atoms with Crippen LogP contribution < -0.4 is 17.2 Å². The molecule has 6 N–H and O–H groups in total. The molecule has 0 radical (unpaired) electrons. The maximum absolute atomic E-state index is 12.3. The van der Waals surface area contributed by atoms with E-state index in [1.54, 1.807) is 4.90 Å². The van der Waals surface area contributed by atoms with Gasteiger partial charge in [-0.2, -0.15) is 0 Å². The fraction of sp³-hybridized carbons (Fsp3) is 0.500. The predicted molar refractivity (Wildman–Crippen MR) is 84.8 cm³/mol. The minimum absolute atomic E-state index is 0.0538. The third-order valence-electron chi connectivity index (χ3n) is 4.31. The largest absolute Gasteiger partial charge is 0.368 e. The zero-order chi connectivity index (χ0) is 16.2. The standard InChI is InChI=1S/C16H24N4O2/c17-8-5-12-1-3-13(4-2-12)11-14(21)20-9-6-16(19,7-10-20)15(18)22/h1-4H,5-11,17,19H2,(H2,18,22). The zero-order valence-corrected chi connectivity index (χ0v) is 12.8. The van der Waals surface area contributed by atoms with Crippen molar-refractivity contribution < 1.29 is 9.59 Å². The van der Waals surface area contributed by atoms with E-state index >= 15 is 0 Å². The second-order valence-electron chi connectivity index (χ2n) is 5.93. The van der Waals surface area contributed by atoms with E-state index in [1.807, 2.05) is 24.3 Å². The van der Waals surface area contributed by atoms with Gasteiger partial charge >= 0.3 is 0 Å². The van der Waals surface area contributed by atoms with Crippen molar-refractivity contribution in [2.24, 2.45) is 17.2 Å². The number of carbonyl (C=O) groups is 2. The molecule has 120 valence electrons. The minimum Gasteiger partial charge on any atom is -0.368 e. The van der Waals surface area contributed by atoms with Gasteiger partial charge in [-0.15, -0.1) is 0 Å². The highest BCUT2D eigenvalue weighted by atomic mass is 16.2. The molecule has 1 saturated heterocycles. The summed E-state index contributed by atoms with van der Waals surface area (Å²) in [5.74, 6) is -0.437. The zero-order valence-electron chi connectivity index (χ0n) is 12.8. The molecule has 6 nitrogen and oxygen atoms in total. The highest BCUT2D eigenvalue weighted by Crippen LogP contribution is 2.20. The smallest absolute Gasteiger partial charge is 0.237 e. The van der Waals surface area contributed by atoms with E-state index in [0.29, 0.717) is 38.9 Å². The first-order valence-electron chi connectivity index (χ1n) is 7.59. The van der Waals surface area contributed by atoms with E-state index in [0.717, 1.165) is 12.0 Å². The molecule has 1 aliphatic rings. The van der Waals surface area contributed by atoms with Gasteiger partial charge in [0.05, 0.1) is 12.0 Å². The Morgan fingerprint density at radius 3 is 2.14 bits per heavy atom. The van der Waals surface area contributed by atoms with Gasteiger partial charge in [0, 0.05) is 13.1 Å². The third kappa shape index (κ3) is 3.84. The van der Waals surface area contributed by atoms with Crippen LogP contribution in [0, 0.1) is 0 Å². The molecule has 2 amide bonds. The van der Waals surface area contributed by atoms with Crippen LogP contribution in [0.1, 0.15) is 24.0 Å². The Balaban J connectivity index is 1.89. The third-order valence-corrected chi connectivity index (χ3v) is 4.31. The molecule has 0 spiro atoms. The summed E-state index contributed by atoms with van der Waals surface area (Å²) >= 11 is 0. The fourth-order valence-electron chi connectivity index (χ4n) is 2.68. The van der Waals surface area contributed by atoms with Gasteiger partial charge in [0.15, 0.2) is 0 Å². The average Bonchev–Trinajstić information content (AvgIpc) is 2.50. The Labute approximate surface area is 130 Å². The van der Waals surface area contributed by atoms with Crippen molar-refractivity contribution in [3.05, 3.63) is 35.4 Å². The van der Waals surface area contributed by atoms with Crippen molar-refractivity contribution in [2.75, 3.05) is 19.6 Å². The van der Waals surface area contributed by atoms with Crippen LogP contribution in [-0.2, 0) is 22.4 Å². The van der Waals surface area contributed by atoms with Gasteiger partial charge in [0.25, 0.3) is 0 Å². The van der Waals surface area contributed by atoms with E-state index < -0.39 is 11.4 Å². The molecule has 1 aromatic rings. The highest BCUT2D eigenvalue weighted by Gasteiger charge is 2.37. The molecule has 1 aliphatic heterocycles. The molecule has 0 atom stereocenters. The normalized spacial score (nSPS) is 17.3. The summed E-state index contributed by atoms with van der Waals surface area (Å²) in [4.78, 5) is 25.4. The Kier molecular flexibility index (Phi) is 5.15. The number of nitrogens with two attached hydrogens (primary N) is 3. The van der Waals surface area contributed by atoms with Crippen LogP contribution in [-0.4, -0.2) is 41.9 Å². The number of nitrogens with zero attached hydrogens (tertiary/aromatic N) is 1. The summed E-state index contributed by atoms with van der Waals surface area (Å²) in [6, 6.07) is 7.93. The van der Waals surface area contributed by atoms with Crippen LogP contribution in [0.2, 0.25) is 0 Å². The van der Waals surface area contributed by atoms with Gasteiger partial charge in [-0.05, 0) is 36.9 Å². The van der Waals surface area contributed by atoms with Crippen LogP contribution in [0.5, 0.6) is 0 Å². The van der Waals surface area contributed by atoms with Crippen LogP contribution in [0.25, 0.3) is 0 Å². The topological polar surface area (TPSA) is 115 Å². The minimum atomic E-state index is -0.972. The van der Waals surface area contributed by atoms with E-state index in [-0.39, 0.29) is 5.91 Å². The molecule has 0 aromatic heterocycles. The monoisotopic (exact) mass is 304 g/mol. The molecule has 0 aliphatic carbocycles. The quantitative estimate of drug-likeness (QED) is 0.682. The van der Waals surface area contributed by atoms with Gasteiger partial charge in [0.1, 0.15) is 0 Å². The number of carbonyl (C=O) groups excluding carboxylic acids is 2. The second-order valence-corrected chi connectivity index (χ2v) is 5.93. The van der Waals surface area contributed by atoms with Crippen molar-refractivity contribution in [3.63, 3.8) is 0 Å². The lowest BCUT2D eigenvalue weighted by Crippen LogP contribution is -2.59. The van der Waals surface area contributed by atoms with Gasteiger partial charge in [-0.3, -0.25) is 9.59 Å². The van der Waals surface area contributed by atoms with E-state index in [2.05, 4.69) is 0 Å². The Bertz CT molecular complexity index is 534. The first kappa shape index (κ1) is 16.5. The lowest BCUT2D eigenvalue weighted by molar-refractivity contribution is -0.135. The lowest BCUT2D eigenvalue weighted by atomic mass is 9.88. The van der Waals surface area contributed by atoms with Crippen molar-refractivity contribution in [2.45, 2.75) is 31.2 Å². The SMILES string of the molecule is NCCc1ccc(CC(=O)N2CCC(N)(C(N)=O)CC2)cc1. The summed E-state index contributed by atoms with van der Waals surface area (Å²) in [7, 11) is 0. The van der Waals surface area contributed by atoms with Crippen molar-refractivity contribution >= 4 is 11.8 Å². The summed E-state index contributed by atoms with van der Waals surface area (Å²) in [5.41, 5.74) is 17.9. The maximum atomic E-state index is 12.3. The Morgan fingerprint density at radius 2 is 1.64 bits per heavy atom. The average molecular weight is 304 g/mol. The second kappa shape index (κ2) is 6.89. The number of hydrogen-bond donors (Lipinski definition) is 3. The maximum Gasteiger partial charge on any atom is 0.237 e. The molecule has 2 rings (SSSR count). The summed E-state index contributed by atoms with van der Waals surface area (Å²) in [6.07, 6.45) is 2.04. The van der Waals surface area contributed by atoms with Crippen molar-refractivity contribution in [1.29, 1.82) is 0 Å². The molecule has 0 saturated carbocycles. The molecule has 0 bridgehead atoms. The number of rotatable bonds is 5. The van der Waals surface area contributed by atoms with E-state index in [4.69, 9.17) is 17.2 Å². The van der Waals surface area contributed by atoms with Crippen LogP contribution in [0.3, 0.4) is 0 Å². The summed E-state index contributed by atoms with van der Waals surface area (Å²) in [5, 5.41) is 0. The molecule has 1 fully saturated rings. The van der Waals surface area contributed by atoms with Crippen molar-refractivity contribution in [3.8, 4) is 0 Å². The molecule has 1 heterocycles. The molecule has 6 heteroatoms. The van der Waals surface area contributed by atoms with E-state index in [9.17, 15) is 9.59 Å². The van der Waals surface area contributed by atoms with Gasteiger partial charge in [0.2, 0.25) is 11.8 Å². The number of piperidine rings is 1. The van der Waals surface area contributed by atoms with Crippen LogP contribution in [0.15, 0.2) is 24.3 Å². The fourth-order valence-corrected chi connectivity index (χ4v) is 2.68. The predicted octanol–water partition coefficient (Wildman–Crippen LogP) is -0.464. The number of amides is 2. The molecular weight excluding hydrogens is 280 g/mol. The highest BCUT2D eigenvalue weighted by molar-refractivity contribution is 5.85. The summed E-state index contributed by atoms with van der Waals surface area (Å²) in [6.45, 7) is 1.57. The first-order chi connectivity index (χ1) is 10.4. The Morgan fingerprint density at radius 1 is 1.09 bits per heavy atom. The number of hydrogen-bond acceptors (Lipinski definition) is 4. The molecule has 22 heavy (non-hydrogen) atoms. The molecular formula is C16H24N4O2. The van der Waals surface area contributed by atoms with Crippen LogP contribution in [0.4, 0.5) is 0 Å². The van der Waals surface area contributed by atoms with E-state index in [1.165, 1.54) is 5.56 Å².